The summed E-state index contributed by atoms with van der Waals surface area (Å²) in [6, 6.07) is 6.65. The van der Waals surface area contributed by atoms with Gasteiger partial charge in [0.15, 0.2) is 11.1 Å². The van der Waals surface area contributed by atoms with Crippen molar-refractivity contribution in [3.63, 3.8) is 0 Å². The third-order valence-corrected chi connectivity index (χ3v) is 2.22. The summed E-state index contributed by atoms with van der Waals surface area (Å²) in [7, 11) is 0. The van der Waals surface area contributed by atoms with Crippen molar-refractivity contribution in [1.82, 2.24) is 0 Å². The van der Waals surface area contributed by atoms with E-state index in [1.54, 1.807) is 24.3 Å². The molecule has 0 bridgehead atoms. The Kier molecular flexibility index (Phi) is 5.31. The van der Waals surface area contributed by atoms with Gasteiger partial charge in [0.05, 0.1) is 4.90 Å². The van der Waals surface area contributed by atoms with Crippen molar-refractivity contribution in [2.75, 3.05) is 0 Å². The van der Waals surface area contributed by atoms with Gasteiger partial charge >= 0.3 is 18.9 Å². The Bertz CT molecular complexity index is 249. The van der Waals surface area contributed by atoms with E-state index < -0.39 is 11.1 Å². The summed E-state index contributed by atoms with van der Waals surface area (Å²) in [6.45, 7) is 0. The predicted octanol–water partition coefficient (Wildman–Crippen LogP) is 1.38. The molecule has 1 N–H and O–H groups in total. The fourth-order valence-electron chi connectivity index (χ4n) is 0.551. The van der Waals surface area contributed by atoms with Crippen LogP contribution in [0, 0.1) is 0 Å². The molecule has 0 aliphatic rings. The molecule has 56 valence electrons. The quantitative estimate of drug-likeness (QED) is 0.583. The van der Waals surface area contributed by atoms with Crippen molar-refractivity contribution in [3.8, 4) is 0 Å². The standard InChI is InChI=1S/C6H5BrO2S.Li.H/c7-5-1-3-6(4-2-5)10(8)9;;/h1-4H,(H,8,9);;. The maximum atomic E-state index is 10.4. The van der Waals surface area contributed by atoms with E-state index in [1.165, 1.54) is 0 Å². The molecule has 1 aromatic rings. The summed E-state index contributed by atoms with van der Waals surface area (Å²) in [5.41, 5.74) is 0. The summed E-state index contributed by atoms with van der Waals surface area (Å²) in [5, 5.41) is 0. The molecule has 2 nitrogen and oxygen atoms in total. The molecular weight excluding hydrogens is 223 g/mol. The zero-order valence-corrected chi connectivity index (χ0v) is 7.35. The monoisotopic (exact) mass is 228 g/mol. The van der Waals surface area contributed by atoms with Gasteiger partial charge in [-0.15, -0.1) is 0 Å². The van der Waals surface area contributed by atoms with Gasteiger partial charge in [0, 0.05) is 4.47 Å². The Hall–Kier alpha value is 0.407. The van der Waals surface area contributed by atoms with Gasteiger partial charge in [0.2, 0.25) is 0 Å². The molecule has 0 aliphatic heterocycles. The van der Waals surface area contributed by atoms with Crippen LogP contribution in [0.1, 0.15) is 0 Å². The molecule has 0 radical (unpaired) electrons. The van der Waals surface area contributed by atoms with Gasteiger partial charge in [-0.1, -0.05) is 15.9 Å². The molecule has 1 atom stereocenters. The van der Waals surface area contributed by atoms with Crippen molar-refractivity contribution < 1.29 is 8.76 Å². The average molecular weight is 229 g/mol. The first-order chi connectivity index (χ1) is 4.70. The molecule has 0 aromatic heterocycles. The third kappa shape index (κ3) is 3.54. The Labute approximate surface area is 88.0 Å². The van der Waals surface area contributed by atoms with Crippen LogP contribution in [0.4, 0.5) is 0 Å². The number of halogens is 1. The first-order valence-corrected chi connectivity index (χ1v) is 4.46. The molecule has 0 fully saturated rings. The van der Waals surface area contributed by atoms with E-state index in [2.05, 4.69) is 15.9 Å². The zero-order valence-electron chi connectivity index (χ0n) is 4.95. The van der Waals surface area contributed by atoms with Crippen molar-refractivity contribution in [2.24, 2.45) is 0 Å². The molecule has 0 spiro atoms. The van der Waals surface area contributed by atoms with Crippen LogP contribution >= 0.6 is 15.9 Å². The SMILES string of the molecule is O=S(O)c1ccc(Br)cc1.[LiH]. The Morgan fingerprint density at radius 3 is 2.09 bits per heavy atom. The van der Waals surface area contributed by atoms with E-state index in [1.807, 2.05) is 0 Å². The number of hydrogen-bond acceptors (Lipinski definition) is 1. The normalized spacial score (nSPS) is 11.8. The number of rotatable bonds is 1. The van der Waals surface area contributed by atoms with E-state index in [0.29, 0.717) is 4.90 Å². The topological polar surface area (TPSA) is 37.3 Å². The van der Waals surface area contributed by atoms with Crippen LogP contribution < -0.4 is 0 Å². The van der Waals surface area contributed by atoms with E-state index in [-0.39, 0.29) is 18.9 Å². The van der Waals surface area contributed by atoms with E-state index in [9.17, 15) is 4.21 Å². The maximum absolute atomic E-state index is 10.4. The molecule has 0 heterocycles. The van der Waals surface area contributed by atoms with Crippen LogP contribution in [0.2, 0.25) is 0 Å². The third-order valence-electron chi connectivity index (χ3n) is 1.02. The Morgan fingerprint density at radius 2 is 1.73 bits per heavy atom. The molecule has 11 heavy (non-hydrogen) atoms. The summed E-state index contributed by atoms with van der Waals surface area (Å²) in [6.07, 6.45) is 0. The molecule has 5 heteroatoms. The second-order valence-electron chi connectivity index (χ2n) is 1.70. The summed E-state index contributed by atoms with van der Waals surface area (Å²) in [4.78, 5) is 0.420. The van der Waals surface area contributed by atoms with Gasteiger partial charge in [0.1, 0.15) is 0 Å². The van der Waals surface area contributed by atoms with E-state index in [4.69, 9.17) is 4.55 Å². The van der Waals surface area contributed by atoms with Crippen LogP contribution in [0.3, 0.4) is 0 Å². The molecule has 0 saturated carbocycles. The number of hydrogen-bond donors (Lipinski definition) is 1. The molecule has 1 rings (SSSR count). The van der Waals surface area contributed by atoms with Crippen LogP contribution in [-0.2, 0) is 11.1 Å². The van der Waals surface area contributed by atoms with Gasteiger partial charge < -0.3 is 4.55 Å². The molecular formula is C6H6BrLiO2S. The summed E-state index contributed by atoms with van der Waals surface area (Å²) < 4.78 is 19.9. The van der Waals surface area contributed by atoms with Crippen molar-refractivity contribution in [1.29, 1.82) is 0 Å². The molecule has 0 saturated heterocycles. The van der Waals surface area contributed by atoms with Crippen LogP contribution in [0.15, 0.2) is 33.6 Å². The fourth-order valence-corrected chi connectivity index (χ4v) is 1.18. The summed E-state index contributed by atoms with van der Waals surface area (Å²) >= 11 is 1.36. The van der Waals surface area contributed by atoms with Gasteiger partial charge in [-0.05, 0) is 24.3 Å². The Morgan fingerprint density at radius 1 is 1.27 bits per heavy atom. The van der Waals surface area contributed by atoms with Crippen molar-refractivity contribution in [2.45, 2.75) is 4.90 Å². The van der Waals surface area contributed by atoms with Crippen LogP contribution in [0.5, 0.6) is 0 Å². The molecule has 1 aromatic carbocycles. The average Bonchev–Trinajstić information content (AvgIpc) is 1.88. The predicted molar refractivity (Wildman–Crippen MR) is 50.3 cm³/mol. The molecule has 1 unspecified atom stereocenters. The minimum absolute atomic E-state index is 0. The molecule has 0 amide bonds. The van der Waals surface area contributed by atoms with E-state index in [0.717, 1.165) is 4.47 Å². The van der Waals surface area contributed by atoms with Gasteiger partial charge in [0.25, 0.3) is 0 Å². The molecule has 0 aliphatic carbocycles. The van der Waals surface area contributed by atoms with Gasteiger partial charge in [-0.3, -0.25) is 0 Å². The van der Waals surface area contributed by atoms with E-state index >= 15 is 0 Å². The first kappa shape index (κ1) is 11.4. The second kappa shape index (κ2) is 5.12. The first-order valence-electron chi connectivity index (χ1n) is 2.56. The van der Waals surface area contributed by atoms with Crippen LogP contribution in [-0.4, -0.2) is 27.6 Å². The number of benzene rings is 1. The fraction of sp³-hybridized carbons (Fsp3) is 0. The van der Waals surface area contributed by atoms with Crippen LogP contribution in [0.25, 0.3) is 0 Å². The minimum atomic E-state index is -1.86. The van der Waals surface area contributed by atoms with Gasteiger partial charge in [-0.25, -0.2) is 4.21 Å². The van der Waals surface area contributed by atoms with Crippen molar-refractivity contribution in [3.05, 3.63) is 28.7 Å². The zero-order chi connectivity index (χ0) is 7.56. The Balaban J connectivity index is 0.000001000. The van der Waals surface area contributed by atoms with Gasteiger partial charge in [-0.2, -0.15) is 0 Å². The van der Waals surface area contributed by atoms with Crippen molar-refractivity contribution >= 4 is 45.9 Å². The second-order valence-corrected chi connectivity index (χ2v) is 3.59. The summed E-state index contributed by atoms with van der Waals surface area (Å²) in [5.74, 6) is 0.